The summed E-state index contributed by atoms with van der Waals surface area (Å²) in [5, 5.41) is 5.10. The smallest absolute Gasteiger partial charge is 0.0159 e. The fourth-order valence-electron chi connectivity index (χ4n) is 7.93. The minimum absolute atomic E-state index is 0.0663. The van der Waals surface area contributed by atoms with Crippen LogP contribution in [0.3, 0.4) is 0 Å². The van der Waals surface area contributed by atoms with Gasteiger partial charge in [0.1, 0.15) is 0 Å². The minimum atomic E-state index is -0.0663. The molecule has 9 rings (SSSR count). The van der Waals surface area contributed by atoms with Crippen LogP contribution in [-0.4, -0.2) is 0 Å². The van der Waals surface area contributed by atoms with Crippen molar-refractivity contribution in [2.24, 2.45) is 0 Å². The number of fused-ring (bicyclic) bond motifs is 5. The molecule has 0 radical (unpaired) electrons. The maximum atomic E-state index is 2.47. The Morgan fingerprint density at radius 2 is 0.766 bits per heavy atom. The van der Waals surface area contributed by atoms with Crippen molar-refractivity contribution < 1.29 is 0 Å². The van der Waals surface area contributed by atoms with Gasteiger partial charge in [0.25, 0.3) is 0 Å². The standard InChI is InChI=1S/C47H34/c1-47(2)43-20-12-11-17-37(43)38-27-26-36(30-44(38)47)46-40-19-10-9-18-39(40)45(34-23-21-33(22-24-34)31-13-5-3-6-14-31)41-28-25-35(29-42(41)46)32-15-7-4-8-16-32/h3-30H,1-2H3. The van der Waals surface area contributed by atoms with Crippen LogP contribution >= 0.6 is 0 Å². The van der Waals surface area contributed by atoms with Crippen molar-refractivity contribution in [1.82, 2.24) is 0 Å². The molecule has 8 aromatic rings. The summed E-state index contributed by atoms with van der Waals surface area (Å²) in [6, 6.07) is 62.6. The second-order valence-electron chi connectivity index (χ2n) is 13.3. The lowest BCUT2D eigenvalue weighted by Crippen LogP contribution is -2.14. The molecule has 0 bridgehead atoms. The molecule has 0 unspecified atom stereocenters. The van der Waals surface area contributed by atoms with E-state index in [0.29, 0.717) is 0 Å². The number of rotatable bonds is 4. The first-order valence-corrected chi connectivity index (χ1v) is 16.5. The van der Waals surface area contributed by atoms with Gasteiger partial charge in [-0.3, -0.25) is 0 Å². The monoisotopic (exact) mass is 598 g/mol. The van der Waals surface area contributed by atoms with Gasteiger partial charge >= 0.3 is 0 Å². The Balaban J connectivity index is 1.33. The first-order chi connectivity index (χ1) is 23.1. The van der Waals surface area contributed by atoms with Gasteiger partial charge in [0.15, 0.2) is 0 Å². The number of hydrogen-bond donors (Lipinski definition) is 0. The molecule has 0 heterocycles. The van der Waals surface area contributed by atoms with Gasteiger partial charge in [0.05, 0.1) is 0 Å². The highest BCUT2D eigenvalue weighted by Crippen LogP contribution is 2.51. The van der Waals surface area contributed by atoms with Crippen molar-refractivity contribution in [2.45, 2.75) is 19.3 Å². The third-order valence-electron chi connectivity index (χ3n) is 10.3. The van der Waals surface area contributed by atoms with E-state index in [1.165, 1.54) is 88.3 Å². The van der Waals surface area contributed by atoms with Crippen LogP contribution in [-0.2, 0) is 5.41 Å². The molecule has 0 N–H and O–H groups in total. The van der Waals surface area contributed by atoms with E-state index in [4.69, 9.17) is 0 Å². The van der Waals surface area contributed by atoms with E-state index in [1.807, 2.05) is 0 Å². The molecule has 0 nitrogen and oxygen atoms in total. The summed E-state index contributed by atoms with van der Waals surface area (Å²) in [6.07, 6.45) is 0. The lowest BCUT2D eigenvalue weighted by Gasteiger charge is -2.23. The second kappa shape index (κ2) is 10.7. The number of benzene rings is 8. The molecule has 8 aromatic carbocycles. The van der Waals surface area contributed by atoms with Gasteiger partial charge < -0.3 is 0 Å². The predicted octanol–water partition coefficient (Wildman–Crippen LogP) is 13.0. The van der Waals surface area contributed by atoms with Crippen molar-refractivity contribution >= 4 is 21.5 Å². The summed E-state index contributed by atoms with van der Waals surface area (Å²) >= 11 is 0. The SMILES string of the molecule is CC1(C)c2ccccc2-c2ccc(-c3c4ccccc4c(-c4ccc(-c5ccccc5)cc4)c4ccc(-c5ccccc5)cc34)cc21. The average molecular weight is 599 g/mol. The summed E-state index contributed by atoms with van der Waals surface area (Å²) < 4.78 is 0. The molecule has 0 heteroatoms. The van der Waals surface area contributed by atoms with E-state index < -0.39 is 0 Å². The first-order valence-electron chi connectivity index (χ1n) is 16.5. The lowest BCUT2D eigenvalue weighted by molar-refractivity contribution is 0.660. The third-order valence-corrected chi connectivity index (χ3v) is 10.3. The van der Waals surface area contributed by atoms with E-state index in [0.717, 1.165) is 0 Å². The Hall–Kier alpha value is -5.72. The zero-order chi connectivity index (χ0) is 31.5. The van der Waals surface area contributed by atoms with Crippen LogP contribution < -0.4 is 0 Å². The van der Waals surface area contributed by atoms with Crippen LogP contribution in [0.4, 0.5) is 0 Å². The first kappa shape index (κ1) is 27.6. The molecule has 0 saturated carbocycles. The molecule has 0 saturated heterocycles. The van der Waals surface area contributed by atoms with E-state index in [1.54, 1.807) is 0 Å². The summed E-state index contributed by atoms with van der Waals surface area (Å²) in [4.78, 5) is 0. The third kappa shape index (κ3) is 4.37. The van der Waals surface area contributed by atoms with Crippen molar-refractivity contribution in [3.8, 4) is 55.6 Å². The van der Waals surface area contributed by atoms with Crippen molar-refractivity contribution in [3.05, 3.63) is 181 Å². The summed E-state index contributed by atoms with van der Waals surface area (Å²) in [7, 11) is 0. The van der Waals surface area contributed by atoms with E-state index in [2.05, 4.69) is 184 Å². The van der Waals surface area contributed by atoms with Crippen LogP contribution in [0.5, 0.6) is 0 Å². The summed E-state index contributed by atoms with van der Waals surface area (Å²) in [5.41, 5.74) is 15.4. The van der Waals surface area contributed by atoms with Gasteiger partial charge in [0, 0.05) is 5.41 Å². The Kier molecular flexibility index (Phi) is 6.27. The molecule has 0 aromatic heterocycles. The van der Waals surface area contributed by atoms with Crippen LogP contribution in [0.15, 0.2) is 170 Å². The molecule has 222 valence electrons. The van der Waals surface area contributed by atoms with Crippen LogP contribution in [0.2, 0.25) is 0 Å². The van der Waals surface area contributed by atoms with Gasteiger partial charge in [-0.2, -0.15) is 0 Å². The van der Waals surface area contributed by atoms with Crippen LogP contribution in [0.1, 0.15) is 25.0 Å². The normalized spacial score (nSPS) is 13.1. The van der Waals surface area contributed by atoms with E-state index in [9.17, 15) is 0 Å². The average Bonchev–Trinajstić information content (AvgIpc) is 3.36. The maximum Gasteiger partial charge on any atom is 0.0159 e. The molecule has 0 fully saturated rings. The fourth-order valence-corrected chi connectivity index (χ4v) is 7.93. The minimum Gasteiger partial charge on any atom is -0.0622 e. The Morgan fingerprint density at radius 3 is 1.47 bits per heavy atom. The Morgan fingerprint density at radius 1 is 0.298 bits per heavy atom. The quantitative estimate of drug-likeness (QED) is 0.177. The molecular weight excluding hydrogens is 565 g/mol. The predicted molar refractivity (Wildman–Crippen MR) is 201 cm³/mol. The molecule has 1 aliphatic carbocycles. The Labute approximate surface area is 276 Å². The molecular formula is C47H34. The van der Waals surface area contributed by atoms with Gasteiger partial charge in [-0.1, -0.05) is 172 Å². The highest BCUT2D eigenvalue weighted by molar-refractivity contribution is 6.22. The molecule has 1 aliphatic rings. The maximum absolute atomic E-state index is 2.47. The fraction of sp³-hybridized carbons (Fsp3) is 0.0638. The van der Waals surface area contributed by atoms with Gasteiger partial charge in [0.2, 0.25) is 0 Å². The second-order valence-corrected chi connectivity index (χ2v) is 13.3. The summed E-state index contributed by atoms with van der Waals surface area (Å²) in [6.45, 7) is 4.74. The van der Waals surface area contributed by atoms with Crippen molar-refractivity contribution in [2.75, 3.05) is 0 Å². The summed E-state index contributed by atoms with van der Waals surface area (Å²) in [5.74, 6) is 0. The van der Waals surface area contributed by atoms with Crippen molar-refractivity contribution in [3.63, 3.8) is 0 Å². The topological polar surface area (TPSA) is 0 Å². The molecule has 0 amide bonds. The van der Waals surface area contributed by atoms with Gasteiger partial charge in [-0.25, -0.2) is 0 Å². The molecule has 0 spiro atoms. The van der Waals surface area contributed by atoms with Crippen LogP contribution in [0.25, 0.3) is 77.2 Å². The van der Waals surface area contributed by atoms with E-state index in [-0.39, 0.29) is 5.41 Å². The number of hydrogen-bond acceptors (Lipinski definition) is 0. The van der Waals surface area contributed by atoms with Gasteiger partial charge in [-0.15, -0.1) is 0 Å². The highest BCUT2D eigenvalue weighted by Gasteiger charge is 2.35. The zero-order valence-electron chi connectivity index (χ0n) is 26.7. The lowest BCUT2D eigenvalue weighted by atomic mass is 9.80. The molecule has 0 atom stereocenters. The zero-order valence-corrected chi connectivity index (χ0v) is 26.7. The largest absolute Gasteiger partial charge is 0.0622 e. The molecule has 47 heavy (non-hydrogen) atoms. The Bertz CT molecular complexity index is 2450. The van der Waals surface area contributed by atoms with Crippen molar-refractivity contribution in [1.29, 1.82) is 0 Å². The highest BCUT2D eigenvalue weighted by atomic mass is 14.4. The molecule has 0 aliphatic heterocycles. The van der Waals surface area contributed by atoms with Crippen LogP contribution in [0, 0.1) is 0 Å². The van der Waals surface area contributed by atoms with E-state index >= 15 is 0 Å². The van der Waals surface area contributed by atoms with Gasteiger partial charge in [-0.05, 0) is 100 Å².